The molecule has 1 aromatic heterocycles. The van der Waals surface area contributed by atoms with E-state index in [1.165, 1.54) is 12.1 Å². The number of carbonyl (C=O) groups is 1. The molecule has 140 valence electrons. The van der Waals surface area contributed by atoms with Crippen LogP contribution in [0, 0.1) is 11.7 Å². The Bertz CT molecular complexity index is 969. The molecule has 1 fully saturated rings. The lowest BCUT2D eigenvalue weighted by Crippen LogP contribution is -2.38. The maximum absolute atomic E-state index is 13.4. The summed E-state index contributed by atoms with van der Waals surface area (Å²) in [5.74, 6) is 1.21. The van der Waals surface area contributed by atoms with E-state index in [2.05, 4.69) is 14.9 Å². The number of para-hydroxylation sites is 1. The van der Waals surface area contributed by atoms with E-state index in [-0.39, 0.29) is 17.5 Å². The van der Waals surface area contributed by atoms with E-state index >= 15 is 0 Å². The van der Waals surface area contributed by atoms with Crippen LogP contribution in [0.5, 0.6) is 5.75 Å². The predicted octanol–water partition coefficient (Wildman–Crippen LogP) is 3.81. The number of likely N-dealkylation sites (tertiary alicyclic amines) is 1. The molecule has 0 unspecified atom stereocenters. The zero-order valence-electron chi connectivity index (χ0n) is 15.2. The molecule has 0 aliphatic carbocycles. The van der Waals surface area contributed by atoms with Crippen LogP contribution in [0.1, 0.15) is 29.0 Å². The van der Waals surface area contributed by atoms with E-state index in [0.29, 0.717) is 29.9 Å². The highest BCUT2D eigenvalue weighted by atomic mass is 19.1. The van der Waals surface area contributed by atoms with Gasteiger partial charge in [-0.25, -0.2) is 9.37 Å². The van der Waals surface area contributed by atoms with Crippen LogP contribution in [0.15, 0.2) is 42.5 Å². The third-order valence-corrected chi connectivity index (χ3v) is 5.12. The highest BCUT2D eigenvalue weighted by Crippen LogP contribution is 2.27. The lowest BCUT2D eigenvalue weighted by molar-refractivity contribution is 0.0806. The first-order valence-corrected chi connectivity index (χ1v) is 9.18. The molecule has 0 amide bonds. The molecular weight excluding hydrogens is 345 g/mol. The van der Waals surface area contributed by atoms with Crippen molar-refractivity contribution in [2.45, 2.75) is 19.4 Å². The van der Waals surface area contributed by atoms with Crippen molar-refractivity contribution < 1.29 is 13.9 Å². The van der Waals surface area contributed by atoms with Crippen LogP contribution in [-0.2, 0) is 6.54 Å². The Morgan fingerprint density at radius 1 is 1.33 bits per heavy atom. The van der Waals surface area contributed by atoms with Gasteiger partial charge in [0.15, 0.2) is 5.78 Å². The van der Waals surface area contributed by atoms with Crippen molar-refractivity contribution in [3.8, 4) is 5.75 Å². The van der Waals surface area contributed by atoms with Crippen molar-refractivity contribution >= 4 is 16.8 Å². The maximum Gasteiger partial charge on any atom is 0.170 e. The Hall–Kier alpha value is -2.73. The van der Waals surface area contributed by atoms with Crippen LogP contribution in [-0.4, -0.2) is 40.9 Å². The number of nitrogens with zero attached hydrogens (tertiary/aromatic N) is 2. The Morgan fingerprint density at radius 3 is 3.04 bits per heavy atom. The number of benzene rings is 2. The van der Waals surface area contributed by atoms with E-state index in [1.54, 1.807) is 13.2 Å². The van der Waals surface area contributed by atoms with E-state index in [9.17, 15) is 9.18 Å². The van der Waals surface area contributed by atoms with Crippen molar-refractivity contribution in [2.24, 2.45) is 5.92 Å². The number of hydrogen-bond donors (Lipinski definition) is 1. The first kappa shape index (κ1) is 17.7. The van der Waals surface area contributed by atoms with Gasteiger partial charge in [-0.15, -0.1) is 0 Å². The highest BCUT2D eigenvalue weighted by molar-refractivity contribution is 6.00. The highest BCUT2D eigenvalue weighted by Gasteiger charge is 2.28. The molecule has 0 radical (unpaired) electrons. The summed E-state index contributed by atoms with van der Waals surface area (Å²) < 4.78 is 18.7. The molecule has 5 nitrogen and oxygen atoms in total. The fourth-order valence-electron chi connectivity index (χ4n) is 3.80. The number of imidazole rings is 1. The average Bonchev–Trinajstić information content (AvgIpc) is 3.08. The van der Waals surface area contributed by atoms with Gasteiger partial charge < -0.3 is 9.72 Å². The molecule has 2 aromatic carbocycles. The van der Waals surface area contributed by atoms with Crippen molar-refractivity contribution in [1.82, 2.24) is 14.9 Å². The topological polar surface area (TPSA) is 58.2 Å². The lowest BCUT2D eigenvalue weighted by Gasteiger charge is -2.31. The van der Waals surface area contributed by atoms with E-state index in [4.69, 9.17) is 4.74 Å². The summed E-state index contributed by atoms with van der Waals surface area (Å²) in [5, 5.41) is 0. The van der Waals surface area contributed by atoms with E-state index in [1.807, 2.05) is 24.3 Å². The van der Waals surface area contributed by atoms with Gasteiger partial charge >= 0.3 is 0 Å². The van der Waals surface area contributed by atoms with E-state index in [0.717, 1.165) is 30.7 Å². The molecule has 27 heavy (non-hydrogen) atoms. The number of ether oxygens (including phenoxy) is 1. The van der Waals surface area contributed by atoms with Crippen molar-refractivity contribution in [1.29, 1.82) is 0 Å². The summed E-state index contributed by atoms with van der Waals surface area (Å²) in [7, 11) is 1.59. The van der Waals surface area contributed by atoms with Gasteiger partial charge in [-0.3, -0.25) is 9.69 Å². The summed E-state index contributed by atoms with van der Waals surface area (Å²) in [6, 6.07) is 11.9. The minimum absolute atomic E-state index is 0.0585. The fourth-order valence-corrected chi connectivity index (χ4v) is 3.80. The molecule has 4 rings (SSSR count). The number of rotatable bonds is 5. The number of aromatic amines is 1. The molecule has 1 saturated heterocycles. The Labute approximate surface area is 157 Å². The smallest absolute Gasteiger partial charge is 0.170 e. The predicted molar refractivity (Wildman–Crippen MR) is 101 cm³/mol. The number of Topliss-reactive ketones (excluding diaryl/α,β-unsaturated/α-hetero) is 1. The molecule has 1 atom stereocenters. The second kappa shape index (κ2) is 7.48. The molecule has 0 bridgehead atoms. The number of aromatic nitrogens is 2. The number of methoxy groups -OCH3 is 1. The van der Waals surface area contributed by atoms with Gasteiger partial charge in [-0.1, -0.05) is 12.1 Å². The van der Waals surface area contributed by atoms with Crippen LogP contribution in [0.3, 0.4) is 0 Å². The molecule has 3 aromatic rings. The zero-order chi connectivity index (χ0) is 18.8. The first-order chi connectivity index (χ1) is 13.1. The molecule has 0 spiro atoms. The van der Waals surface area contributed by atoms with Gasteiger partial charge in [0.2, 0.25) is 0 Å². The molecule has 1 aliphatic heterocycles. The van der Waals surface area contributed by atoms with Crippen molar-refractivity contribution in [2.75, 3.05) is 20.2 Å². The number of piperidine rings is 1. The number of hydrogen-bond acceptors (Lipinski definition) is 4. The number of nitrogens with one attached hydrogen (secondary N) is 1. The van der Waals surface area contributed by atoms with Gasteiger partial charge in [-0.05, 0) is 49.7 Å². The quantitative estimate of drug-likeness (QED) is 0.697. The largest absolute Gasteiger partial charge is 0.496 e. The minimum atomic E-state index is -0.279. The first-order valence-electron chi connectivity index (χ1n) is 9.18. The van der Waals surface area contributed by atoms with Gasteiger partial charge in [-0.2, -0.15) is 0 Å². The number of carbonyl (C=O) groups excluding carboxylic acids is 1. The average molecular weight is 367 g/mol. The van der Waals surface area contributed by atoms with Crippen molar-refractivity contribution in [3.05, 3.63) is 59.7 Å². The lowest BCUT2D eigenvalue weighted by atomic mass is 9.89. The second-order valence-electron chi connectivity index (χ2n) is 6.98. The summed E-state index contributed by atoms with van der Waals surface area (Å²) in [6.45, 7) is 2.22. The molecule has 0 saturated carbocycles. The zero-order valence-corrected chi connectivity index (χ0v) is 15.2. The summed E-state index contributed by atoms with van der Waals surface area (Å²) in [5.41, 5.74) is 2.10. The minimum Gasteiger partial charge on any atom is -0.496 e. The third-order valence-electron chi connectivity index (χ3n) is 5.12. The number of fused-ring (bicyclic) bond motifs is 1. The summed E-state index contributed by atoms with van der Waals surface area (Å²) in [6.07, 6.45) is 1.83. The Balaban J connectivity index is 1.48. The Kier molecular flexibility index (Phi) is 4.90. The normalized spacial score (nSPS) is 17.9. The standard InChI is InChI=1S/C21H22FN3O2/c1-27-19-7-3-2-6-16(19)21(26)14-5-4-10-25(12-14)13-20-23-17-9-8-15(22)11-18(17)24-20/h2-3,6-9,11,14H,4-5,10,12-13H2,1H3,(H,23,24)/t14-/m0/s1. The van der Waals surface area contributed by atoms with Crippen molar-refractivity contribution in [3.63, 3.8) is 0 Å². The molecule has 1 N–H and O–H groups in total. The SMILES string of the molecule is COc1ccccc1C(=O)[C@H]1CCCN(Cc2nc3ccc(F)cc3[nH]2)C1. The maximum atomic E-state index is 13.4. The third kappa shape index (κ3) is 3.71. The summed E-state index contributed by atoms with van der Waals surface area (Å²) in [4.78, 5) is 22.9. The number of halogens is 1. The van der Waals surface area contributed by atoms with Gasteiger partial charge in [0.05, 0.1) is 30.3 Å². The fraction of sp³-hybridized carbons (Fsp3) is 0.333. The van der Waals surface area contributed by atoms with Crippen LogP contribution in [0.25, 0.3) is 11.0 Å². The monoisotopic (exact) mass is 367 g/mol. The molecule has 6 heteroatoms. The van der Waals surface area contributed by atoms with Crippen LogP contribution >= 0.6 is 0 Å². The van der Waals surface area contributed by atoms with Gasteiger partial charge in [0.25, 0.3) is 0 Å². The van der Waals surface area contributed by atoms with Crippen LogP contribution < -0.4 is 4.74 Å². The summed E-state index contributed by atoms with van der Waals surface area (Å²) >= 11 is 0. The number of ketones is 1. The number of H-pyrrole nitrogens is 1. The van der Waals surface area contributed by atoms with Crippen LogP contribution in [0.4, 0.5) is 4.39 Å². The second-order valence-corrected chi connectivity index (χ2v) is 6.98. The van der Waals surface area contributed by atoms with Crippen LogP contribution in [0.2, 0.25) is 0 Å². The molecular formula is C21H22FN3O2. The van der Waals surface area contributed by atoms with Gasteiger partial charge in [0, 0.05) is 12.5 Å². The Morgan fingerprint density at radius 2 is 2.19 bits per heavy atom. The molecule has 1 aliphatic rings. The molecule has 2 heterocycles. The van der Waals surface area contributed by atoms with E-state index < -0.39 is 0 Å². The van der Waals surface area contributed by atoms with Gasteiger partial charge in [0.1, 0.15) is 17.4 Å².